The van der Waals surface area contributed by atoms with Crippen molar-refractivity contribution in [1.29, 1.82) is 0 Å². The van der Waals surface area contributed by atoms with Crippen molar-refractivity contribution in [2.45, 2.75) is 19.4 Å². The quantitative estimate of drug-likeness (QED) is 0.413. The van der Waals surface area contributed by atoms with Crippen LogP contribution in [-0.2, 0) is 17.8 Å². The number of hydrogen-bond donors (Lipinski definition) is 1. The summed E-state index contributed by atoms with van der Waals surface area (Å²) >= 11 is 0. The number of anilines is 2. The van der Waals surface area contributed by atoms with Gasteiger partial charge in [0.2, 0.25) is 5.91 Å². The van der Waals surface area contributed by atoms with Crippen molar-refractivity contribution >= 4 is 17.3 Å². The van der Waals surface area contributed by atoms with E-state index in [-0.39, 0.29) is 5.91 Å². The van der Waals surface area contributed by atoms with Crippen LogP contribution in [0.5, 0.6) is 0 Å². The first kappa shape index (κ1) is 20.4. The van der Waals surface area contributed by atoms with E-state index in [4.69, 9.17) is 4.42 Å². The molecule has 0 fully saturated rings. The highest BCUT2D eigenvalue weighted by Gasteiger charge is 2.12. The molecular weight excluding hydrogens is 386 g/mol. The topological polar surface area (TPSA) is 58.4 Å². The summed E-state index contributed by atoms with van der Waals surface area (Å²) in [6.07, 6.45) is 2.45. The third kappa shape index (κ3) is 5.39. The van der Waals surface area contributed by atoms with Gasteiger partial charge in [-0.25, -0.2) is 4.98 Å². The minimum atomic E-state index is -0.0694. The number of para-hydroxylation sites is 2. The Hall–Kier alpha value is -3.86. The van der Waals surface area contributed by atoms with Crippen molar-refractivity contribution in [2.75, 3.05) is 17.3 Å². The lowest BCUT2D eigenvalue weighted by molar-refractivity contribution is -0.116. The SMILES string of the molecule is CN(Cc1ccccc1)c1ccccc1NC(=O)CCc1ncc(-c2ccccc2)o1. The van der Waals surface area contributed by atoms with Crippen LogP contribution >= 0.6 is 0 Å². The van der Waals surface area contributed by atoms with Gasteiger partial charge in [0.05, 0.1) is 17.6 Å². The van der Waals surface area contributed by atoms with Gasteiger partial charge in [-0.05, 0) is 17.7 Å². The van der Waals surface area contributed by atoms with E-state index in [1.807, 2.05) is 79.8 Å². The van der Waals surface area contributed by atoms with Crippen molar-refractivity contribution in [2.24, 2.45) is 0 Å². The Morgan fingerprint density at radius 2 is 1.61 bits per heavy atom. The van der Waals surface area contributed by atoms with Crippen molar-refractivity contribution in [3.63, 3.8) is 0 Å². The molecule has 4 aromatic rings. The Morgan fingerprint density at radius 3 is 2.39 bits per heavy atom. The lowest BCUT2D eigenvalue weighted by Crippen LogP contribution is -2.20. The molecule has 156 valence electrons. The summed E-state index contributed by atoms with van der Waals surface area (Å²) in [7, 11) is 2.02. The van der Waals surface area contributed by atoms with Crippen LogP contribution in [-0.4, -0.2) is 17.9 Å². The normalized spacial score (nSPS) is 10.6. The number of oxazole rings is 1. The number of hydrogen-bond acceptors (Lipinski definition) is 4. The second kappa shape index (κ2) is 9.76. The van der Waals surface area contributed by atoms with Gasteiger partial charge in [-0.2, -0.15) is 0 Å². The highest BCUT2D eigenvalue weighted by molar-refractivity contribution is 5.94. The highest BCUT2D eigenvalue weighted by atomic mass is 16.4. The minimum Gasteiger partial charge on any atom is -0.441 e. The van der Waals surface area contributed by atoms with Crippen LogP contribution < -0.4 is 10.2 Å². The predicted molar refractivity (Wildman–Crippen MR) is 124 cm³/mol. The lowest BCUT2D eigenvalue weighted by atomic mass is 10.2. The van der Waals surface area contributed by atoms with E-state index in [9.17, 15) is 4.79 Å². The second-order valence-electron chi connectivity index (χ2n) is 7.39. The Morgan fingerprint density at radius 1 is 0.935 bits per heavy atom. The third-order valence-electron chi connectivity index (χ3n) is 5.03. The number of nitrogens with one attached hydrogen (secondary N) is 1. The number of aromatic nitrogens is 1. The first-order chi connectivity index (χ1) is 15.2. The molecular formula is C26H25N3O2. The van der Waals surface area contributed by atoms with Crippen molar-refractivity contribution in [3.8, 4) is 11.3 Å². The van der Waals surface area contributed by atoms with Crippen LogP contribution in [0.25, 0.3) is 11.3 Å². The molecule has 0 aliphatic carbocycles. The maximum atomic E-state index is 12.6. The standard InChI is InChI=1S/C26H25N3O2/c1-29(19-20-10-4-2-5-11-20)23-15-9-8-14-22(23)28-25(30)16-17-26-27-18-24(31-26)21-12-6-3-7-13-21/h2-15,18H,16-17,19H2,1H3,(H,28,30). The Kier molecular flexibility index (Phi) is 6.43. The molecule has 0 bridgehead atoms. The van der Waals surface area contributed by atoms with E-state index < -0.39 is 0 Å². The fraction of sp³-hybridized carbons (Fsp3) is 0.154. The number of nitrogens with zero attached hydrogens (tertiary/aromatic N) is 2. The molecule has 5 heteroatoms. The molecule has 0 radical (unpaired) electrons. The molecule has 0 spiro atoms. The van der Waals surface area contributed by atoms with E-state index in [0.717, 1.165) is 23.5 Å². The van der Waals surface area contributed by atoms with Crippen LogP contribution in [0.15, 0.2) is 95.5 Å². The van der Waals surface area contributed by atoms with Crippen LogP contribution in [0.4, 0.5) is 11.4 Å². The number of rotatable bonds is 8. The van der Waals surface area contributed by atoms with Gasteiger partial charge in [0, 0.05) is 32.0 Å². The third-order valence-corrected chi connectivity index (χ3v) is 5.03. The van der Waals surface area contributed by atoms with E-state index in [2.05, 4.69) is 27.3 Å². The van der Waals surface area contributed by atoms with Gasteiger partial charge in [0.1, 0.15) is 0 Å². The molecule has 5 nitrogen and oxygen atoms in total. The molecule has 31 heavy (non-hydrogen) atoms. The van der Waals surface area contributed by atoms with Gasteiger partial charge < -0.3 is 14.6 Å². The zero-order chi connectivity index (χ0) is 21.5. The summed E-state index contributed by atoms with van der Waals surface area (Å²) in [5.74, 6) is 1.20. The molecule has 1 amide bonds. The number of carbonyl (C=O) groups excluding carboxylic acids is 1. The van der Waals surface area contributed by atoms with E-state index >= 15 is 0 Å². The summed E-state index contributed by atoms with van der Waals surface area (Å²) in [6, 6.07) is 27.9. The number of benzene rings is 3. The molecule has 0 atom stereocenters. The molecule has 1 heterocycles. The van der Waals surface area contributed by atoms with Gasteiger partial charge >= 0.3 is 0 Å². The molecule has 0 aliphatic rings. The van der Waals surface area contributed by atoms with Gasteiger partial charge in [0.25, 0.3) is 0 Å². The molecule has 0 aliphatic heterocycles. The first-order valence-electron chi connectivity index (χ1n) is 10.3. The van der Waals surface area contributed by atoms with Gasteiger partial charge in [0.15, 0.2) is 11.7 Å². The van der Waals surface area contributed by atoms with Gasteiger partial charge in [-0.15, -0.1) is 0 Å². The average molecular weight is 412 g/mol. The monoisotopic (exact) mass is 411 g/mol. The summed E-state index contributed by atoms with van der Waals surface area (Å²) in [4.78, 5) is 19.0. The maximum absolute atomic E-state index is 12.6. The second-order valence-corrected chi connectivity index (χ2v) is 7.39. The zero-order valence-electron chi connectivity index (χ0n) is 17.5. The van der Waals surface area contributed by atoms with Gasteiger partial charge in [-0.3, -0.25) is 4.79 Å². The van der Waals surface area contributed by atoms with Crippen LogP contribution in [0.2, 0.25) is 0 Å². The summed E-state index contributed by atoms with van der Waals surface area (Å²) in [6.45, 7) is 0.756. The smallest absolute Gasteiger partial charge is 0.224 e. The average Bonchev–Trinajstić information content (AvgIpc) is 3.28. The zero-order valence-corrected chi connectivity index (χ0v) is 17.5. The van der Waals surface area contributed by atoms with Crippen molar-refractivity contribution in [3.05, 3.63) is 103 Å². The fourth-order valence-electron chi connectivity index (χ4n) is 3.45. The predicted octanol–water partition coefficient (Wildman–Crippen LogP) is 5.55. The minimum absolute atomic E-state index is 0.0694. The summed E-state index contributed by atoms with van der Waals surface area (Å²) in [5.41, 5.74) is 3.95. The van der Waals surface area contributed by atoms with Crippen LogP contribution in [0.1, 0.15) is 17.9 Å². The molecule has 1 aromatic heterocycles. The van der Waals surface area contributed by atoms with E-state index in [1.54, 1.807) is 6.20 Å². The van der Waals surface area contributed by atoms with Crippen LogP contribution in [0, 0.1) is 0 Å². The van der Waals surface area contributed by atoms with Crippen molar-refractivity contribution in [1.82, 2.24) is 4.98 Å². The molecule has 4 rings (SSSR count). The van der Waals surface area contributed by atoms with Crippen molar-refractivity contribution < 1.29 is 9.21 Å². The maximum Gasteiger partial charge on any atom is 0.224 e. The van der Waals surface area contributed by atoms with Crippen LogP contribution in [0.3, 0.4) is 0 Å². The summed E-state index contributed by atoms with van der Waals surface area (Å²) < 4.78 is 5.80. The largest absolute Gasteiger partial charge is 0.441 e. The van der Waals surface area contributed by atoms with Gasteiger partial charge in [-0.1, -0.05) is 72.8 Å². The first-order valence-corrected chi connectivity index (χ1v) is 10.3. The number of aryl methyl sites for hydroxylation is 1. The Balaban J connectivity index is 1.36. The highest BCUT2D eigenvalue weighted by Crippen LogP contribution is 2.26. The molecule has 3 aromatic carbocycles. The number of amides is 1. The molecule has 0 saturated carbocycles. The summed E-state index contributed by atoms with van der Waals surface area (Å²) in [5, 5.41) is 3.04. The molecule has 1 N–H and O–H groups in total. The Labute approximate surface area is 182 Å². The number of carbonyl (C=O) groups is 1. The van der Waals surface area contributed by atoms with E-state index in [1.165, 1.54) is 5.56 Å². The van der Waals surface area contributed by atoms with E-state index in [0.29, 0.717) is 24.5 Å². The lowest BCUT2D eigenvalue weighted by Gasteiger charge is -2.22. The molecule has 0 unspecified atom stereocenters. The fourth-order valence-corrected chi connectivity index (χ4v) is 3.45. The Bertz CT molecular complexity index is 1120. The molecule has 0 saturated heterocycles.